The SMILES string of the molecule is O=C(Nc1c(-c2ccc(F)cc2)csc1C(=O)O)NC1CCCCCCC1. The first-order chi connectivity index (χ1) is 13.0. The van der Waals surface area contributed by atoms with Crippen molar-refractivity contribution in [2.45, 2.75) is 51.0 Å². The summed E-state index contributed by atoms with van der Waals surface area (Å²) in [4.78, 5) is 24.1. The number of rotatable bonds is 4. The van der Waals surface area contributed by atoms with E-state index in [-0.39, 0.29) is 22.4 Å². The molecular weight excluding hydrogens is 367 g/mol. The number of carbonyl (C=O) groups is 2. The number of carbonyl (C=O) groups excluding carboxylic acids is 1. The minimum atomic E-state index is -1.10. The summed E-state index contributed by atoms with van der Waals surface area (Å²) in [7, 11) is 0. The van der Waals surface area contributed by atoms with Crippen molar-refractivity contribution in [2.75, 3.05) is 5.32 Å². The topological polar surface area (TPSA) is 78.4 Å². The van der Waals surface area contributed by atoms with Crippen molar-refractivity contribution in [3.05, 3.63) is 40.3 Å². The van der Waals surface area contributed by atoms with Crippen LogP contribution in [0.15, 0.2) is 29.6 Å². The lowest BCUT2D eigenvalue weighted by Gasteiger charge is -2.21. The predicted molar refractivity (Wildman–Crippen MR) is 105 cm³/mol. The summed E-state index contributed by atoms with van der Waals surface area (Å²) in [6.07, 6.45) is 7.66. The summed E-state index contributed by atoms with van der Waals surface area (Å²) in [5, 5.41) is 16.8. The molecule has 1 aliphatic rings. The van der Waals surface area contributed by atoms with Gasteiger partial charge in [-0.1, -0.05) is 44.2 Å². The lowest BCUT2D eigenvalue weighted by atomic mass is 9.97. The Morgan fingerprint density at radius 2 is 1.67 bits per heavy atom. The number of halogens is 1. The highest BCUT2D eigenvalue weighted by atomic mass is 32.1. The smallest absolute Gasteiger partial charge is 0.348 e. The van der Waals surface area contributed by atoms with Crippen molar-refractivity contribution >= 4 is 29.0 Å². The molecule has 2 amide bonds. The Bertz CT molecular complexity index is 796. The summed E-state index contributed by atoms with van der Waals surface area (Å²) < 4.78 is 13.2. The molecule has 0 aliphatic heterocycles. The second-order valence-corrected chi connectivity index (χ2v) is 7.69. The molecule has 0 atom stereocenters. The highest BCUT2D eigenvalue weighted by Gasteiger charge is 2.22. The van der Waals surface area contributed by atoms with Crippen LogP contribution in [0.25, 0.3) is 11.1 Å². The number of carboxylic acid groups (broad SMARTS) is 1. The van der Waals surface area contributed by atoms with E-state index in [0.29, 0.717) is 11.1 Å². The average molecular weight is 390 g/mol. The average Bonchev–Trinajstić information content (AvgIpc) is 3.01. The number of urea groups is 1. The van der Waals surface area contributed by atoms with Crippen LogP contribution in [0.4, 0.5) is 14.9 Å². The molecule has 1 fully saturated rings. The van der Waals surface area contributed by atoms with Crippen molar-refractivity contribution in [3.63, 3.8) is 0 Å². The molecule has 144 valence electrons. The van der Waals surface area contributed by atoms with Gasteiger partial charge >= 0.3 is 12.0 Å². The van der Waals surface area contributed by atoms with Crippen molar-refractivity contribution in [1.29, 1.82) is 0 Å². The zero-order valence-electron chi connectivity index (χ0n) is 15.0. The number of benzene rings is 1. The zero-order chi connectivity index (χ0) is 19.2. The lowest BCUT2D eigenvalue weighted by Crippen LogP contribution is -2.38. The van der Waals surface area contributed by atoms with Gasteiger partial charge in [0.15, 0.2) is 0 Å². The molecule has 5 nitrogen and oxygen atoms in total. The van der Waals surface area contributed by atoms with Gasteiger partial charge in [0.2, 0.25) is 0 Å². The summed E-state index contributed by atoms with van der Waals surface area (Å²) in [6.45, 7) is 0. The Hall–Kier alpha value is -2.41. The minimum absolute atomic E-state index is 0.0575. The summed E-state index contributed by atoms with van der Waals surface area (Å²) in [6, 6.07) is 5.47. The first kappa shape index (κ1) is 19.4. The van der Waals surface area contributed by atoms with Gasteiger partial charge < -0.3 is 15.7 Å². The van der Waals surface area contributed by atoms with Gasteiger partial charge in [0, 0.05) is 17.0 Å². The minimum Gasteiger partial charge on any atom is -0.477 e. The van der Waals surface area contributed by atoms with Gasteiger partial charge in [0.1, 0.15) is 10.7 Å². The number of nitrogens with one attached hydrogen (secondary N) is 2. The van der Waals surface area contributed by atoms with Crippen molar-refractivity contribution in [1.82, 2.24) is 5.32 Å². The van der Waals surface area contributed by atoms with Gasteiger partial charge in [-0.25, -0.2) is 14.0 Å². The van der Waals surface area contributed by atoms with E-state index in [1.165, 1.54) is 31.4 Å². The fraction of sp³-hybridized carbons (Fsp3) is 0.400. The first-order valence-electron chi connectivity index (χ1n) is 9.23. The van der Waals surface area contributed by atoms with Crippen LogP contribution in [0.2, 0.25) is 0 Å². The van der Waals surface area contributed by atoms with Gasteiger partial charge in [-0.05, 0) is 30.5 Å². The molecule has 1 aromatic heterocycles. The van der Waals surface area contributed by atoms with Crippen LogP contribution in [-0.2, 0) is 0 Å². The molecule has 0 radical (unpaired) electrons. The molecule has 1 aliphatic carbocycles. The molecule has 0 saturated heterocycles. The van der Waals surface area contributed by atoms with E-state index in [9.17, 15) is 19.1 Å². The fourth-order valence-corrected chi connectivity index (χ4v) is 4.29. The van der Waals surface area contributed by atoms with Crippen LogP contribution in [-0.4, -0.2) is 23.1 Å². The van der Waals surface area contributed by atoms with Crippen molar-refractivity contribution in [2.24, 2.45) is 0 Å². The summed E-state index contributed by atoms with van der Waals surface area (Å²) in [5.74, 6) is -1.47. The largest absolute Gasteiger partial charge is 0.477 e. The van der Waals surface area contributed by atoms with E-state index < -0.39 is 12.0 Å². The molecule has 1 saturated carbocycles. The van der Waals surface area contributed by atoms with E-state index in [4.69, 9.17) is 0 Å². The van der Waals surface area contributed by atoms with E-state index >= 15 is 0 Å². The number of carboxylic acids is 1. The summed E-state index contributed by atoms with van der Waals surface area (Å²) in [5.41, 5.74) is 1.48. The van der Waals surface area contributed by atoms with Gasteiger partial charge in [0.05, 0.1) is 5.69 Å². The highest BCUT2D eigenvalue weighted by Crippen LogP contribution is 2.36. The van der Waals surface area contributed by atoms with E-state index in [1.54, 1.807) is 17.5 Å². The van der Waals surface area contributed by atoms with Crippen LogP contribution in [0.3, 0.4) is 0 Å². The Balaban J connectivity index is 1.77. The monoisotopic (exact) mass is 390 g/mol. The van der Waals surface area contributed by atoms with E-state index in [1.807, 2.05) is 0 Å². The number of aromatic carboxylic acids is 1. The molecule has 1 aromatic carbocycles. The number of thiophene rings is 1. The normalized spacial score (nSPS) is 15.6. The number of amides is 2. The standard InChI is InChI=1S/C20H23FN2O3S/c21-14-10-8-13(9-11-14)16-12-27-18(19(24)25)17(16)23-20(26)22-15-6-4-2-1-3-5-7-15/h8-12,15H,1-7H2,(H,24,25)(H2,22,23,26). The third-order valence-electron chi connectivity index (χ3n) is 4.82. The number of anilines is 1. The first-order valence-corrected chi connectivity index (χ1v) is 10.1. The Morgan fingerprint density at radius 1 is 1.04 bits per heavy atom. The predicted octanol–water partition coefficient (Wildman–Crippen LogP) is 5.49. The Morgan fingerprint density at radius 3 is 2.30 bits per heavy atom. The quantitative estimate of drug-likeness (QED) is 0.646. The molecule has 3 N–H and O–H groups in total. The lowest BCUT2D eigenvalue weighted by molar-refractivity contribution is 0.0703. The zero-order valence-corrected chi connectivity index (χ0v) is 15.8. The molecule has 2 aromatic rings. The molecule has 0 spiro atoms. The van der Waals surface area contributed by atoms with Gasteiger partial charge in [-0.15, -0.1) is 11.3 Å². The van der Waals surface area contributed by atoms with Crippen LogP contribution >= 0.6 is 11.3 Å². The molecule has 7 heteroatoms. The number of hydrogen-bond donors (Lipinski definition) is 3. The van der Waals surface area contributed by atoms with Crippen LogP contribution < -0.4 is 10.6 Å². The second kappa shape index (κ2) is 8.99. The number of hydrogen-bond acceptors (Lipinski definition) is 3. The molecular formula is C20H23FN2O3S. The molecule has 27 heavy (non-hydrogen) atoms. The maximum atomic E-state index is 13.2. The molecule has 1 heterocycles. The van der Waals surface area contributed by atoms with Gasteiger partial charge in [0.25, 0.3) is 0 Å². The Labute approximate surface area is 161 Å². The third-order valence-corrected chi connectivity index (χ3v) is 5.79. The van der Waals surface area contributed by atoms with Gasteiger partial charge in [-0.2, -0.15) is 0 Å². The van der Waals surface area contributed by atoms with Crippen LogP contribution in [0.1, 0.15) is 54.6 Å². The van der Waals surface area contributed by atoms with Crippen molar-refractivity contribution in [3.8, 4) is 11.1 Å². The van der Waals surface area contributed by atoms with Gasteiger partial charge in [-0.3, -0.25) is 0 Å². The van der Waals surface area contributed by atoms with E-state index in [2.05, 4.69) is 10.6 Å². The maximum Gasteiger partial charge on any atom is 0.348 e. The Kier molecular flexibility index (Phi) is 6.45. The fourth-order valence-electron chi connectivity index (χ4n) is 3.42. The van der Waals surface area contributed by atoms with Crippen LogP contribution in [0.5, 0.6) is 0 Å². The maximum absolute atomic E-state index is 13.2. The van der Waals surface area contributed by atoms with Crippen LogP contribution in [0, 0.1) is 5.82 Å². The molecule has 0 unspecified atom stereocenters. The van der Waals surface area contributed by atoms with E-state index in [0.717, 1.165) is 37.0 Å². The summed E-state index contributed by atoms with van der Waals surface area (Å²) >= 11 is 1.04. The second-order valence-electron chi connectivity index (χ2n) is 6.81. The highest BCUT2D eigenvalue weighted by molar-refractivity contribution is 7.13. The molecule has 0 bridgehead atoms. The van der Waals surface area contributed by atoms with Crippen molar-refractivity contribution < 1.29 is 19.1 Å². The molecule has 3 rings (SSSR count). The third kappa shape index (κ3) is 5.07.